The van der Waals surface area contributed by atoms with Crippen LogP contribution in [0.25, 0.3) is 11.2 Å². The highest BCUT2D eigenvalue weighted by molar-refractivity contribution is 8.01. The zero-order valence-electron chi connectivity index (χ0n) is 15.1. The molecule has 13 heteroatoms. The van der Waals surface area contributed by atoms with Gasteiger partial charge in [-0.2, -0.15) is 0 Å². The van der Waals surface area contributed by atoms with Crippen LogP contribution in [-0.2, 0) is 20.6 Å². The highest BCUT2D eigenvalue weighted by atomic mass is 35.5. The van der Waals surface area contributed by atoms with Crippen molar-refractivity contribution in [1.82, 2.24) is 28.9 Å². The van der Waals surface area contributed by atoms with Gasteiger partial charge in [-0.1, -0.05) is 40.6 Å². The van der Waals surface area contributed by atoms with Gasteiger partial charge in [0.05, 0.1) is 6.54 Å². The Labute approximate surface area is 181 Å². The first-order valence-corrected chi connectivity index (χ1v) is 10.5. The topological polar surface area (TPSA) is 114 Å². The number of rotatable bonds is 4. The van der Waals surface area contributed by atoms with Gasteiger partial charge in [0.1, 0.15) is 0 Å². The fourth-order valence-electron chi connectivity index (χ4n) is 2.83. The molecule has 4 aromatic rings. The average molecular weight is 470 g/mol. The van der Waals surface area contributed by atoms with E-state index in [2.05, 4.69) is 15.2 Å². The standard InChI is InChI=1S/C16H13Cl2N7O2S2/c1-23-11-10(12(26)24(2)16(23)27)25(6-7-8(17)4-3-5-9(7)18)14(20-11)29-15-22-21-13(19)28-15/h3-5H,6H2,1-2H3,(H2,19,21). The van der Waals surface area contributed by atoms with Gasteiger partial charge in [0.2, 0.25) is 5.13 Å². The van der Waals surface area contributed by atoms with Crippen molar-refractivity contribution in [3.8, 4) is 0 Å². The van der Waals surface area contributed by atoms with Gasteiger partial charge in [0, 0.05) is 29.7 Å². The number of nitrogen functional groups attached to an aromatic ring is 1. The van der Waals surface area contributed by atoms with E-state index < -0.39 is 11.2 Å². The van der Waals surface area contributed by atoms with Crippen LogP contribution in [-0.4, -0.2) is 28.9 Å². The van der Waals surface area contributed by atoms with Crippen LogP contribution in [0.5, 0.6) is 0 Å². The Morgan fingerprint density at radius 1 is 1.14 bits per heavy atom. The van der Waals surface area contributed by atoms with Crippen LogP contribution in [0.15, 0.2) is 37.3 Å². The molecule has 0 bridgehead atoms. The number of fused-ring (bicyclic) bond motifs is 1. The summed E-state index contributed by atoms with van der Waals surface area (Å²) in [6, 6.07) is 5.17. The van der Waals surface area contributed by atoms with Crippen molar-refractivity contribution in [3.05, 3.63) is 54.6 Å². The molecule has 4 rings (SSSR count). The molecule has 0 unspecified atom stereocenters. The number of halogens is 2. The molecule has 0 aliphatic carbocycles. The van der Waals surface area contributed by atoms with Crippen LogP contribution in [0.3, 0.4) is 0 Å². The molecule has 0 spiro atoms. The van der Waals surface area contributed by atoms with E-state index in [1.807, 2.05) is 0 Å². The van der Waals surface area contributed by atoms with Crippen LogP contribution < -0.4 is 17.0 Å². The number of anilines is 1. The number of aryl methyl sites for hydroxylation is 1. The summed E-state index contributed by atoms with van der Waals surface area (Å²) in [5.41, 5.74) is 5.86. The van der Waals surface area contributed by atoms with E-state index >= 15 is 0 Å². The Morgan fingerprint density at radius 3 is 2.45 bits per heavy atom. The molecule has 29 heavy (non-hydrogen) atoms. The van der Waals surface area contributed by atoms with Gasteiger partial charge in [0.25, 0.3) is 5.56 Å². The summed E-state index contributed by atoms with van der Waals surface area (Å²) in [6.45, 7) is 0.180. The van der Waals surface area contributed by atoms with Crippen molar-refractivity contribution in [2.45, 2.75) is 16.0 Å². The summed E-state index contributed by atoms with van der Waals surface area (Å²) in [5.74, 6) is 0. The molecule has 0 amide bonds. The molecule has 0 atom stereocenters. The summed E-state index contributed by atoms with van der Waals surface area (Å²) in [6.07, 6.45) is 0. The summed E-state index contributed by atoms with van der Waals surface area (Å²) in [5, 5.41) is 9.45. The highest BCUT2D eigenvalue weighted by Crippen LogP contribution is 2.34. The molecule has 3 aromatic heterocycles. The molecule has 0 aliphatic heterocycles. The van der Waals surface area contributed by atoms with E-state index in [1.165, 1.54) is 34.7 Å². The van der Waals surface area contributed by atoms with E-state index in [1.54, 1.807) is 29.8 Å². The molecule has 0 saturated carbocycles. The van der Waals surface area contributed by atoms with Gasteiger partial charge in [-0.25, -0.2) is 9.78 Å². The largest absolute Gasteiger partial charge is 0.374 e. The molecule has 0 saturated heterocycles. The first-order chi connectivity index (χ1) is 13.8. The molecule has 9 nitrogen and oxygen atoms in total. The third-order valence-corrected chi connectivity index (χ3v) is 6.80. The Hall–Kier alpha value is -2.34. The zero-order chi connectivity index (χ0) is 20.9. The highest BCUT2D eigenvalue weighted by Gasteiger charge is 2.22. The SMILES string of the molecule is Cn1c(=O)c2c(nc(Sc3nnc(N)s3)n2Cc2c(Cl)cccc2Cl)n(C)c1=O. The maximum atomic E-state index is 12.9. The van der Waals surface area contributed by atoms with Crippen LogP contribution in [0, 0.1) is 0 Å². The Bertz CT molecular complexity index is 1350. The number of nitrogens with two attached hydrogens (primary N) is 1. The van der Waals surface area contributed by atoms with Gasteiger partial charge in [-0.3, -0.25) is 13.9 Å². The number of hydrogen-bond donors (Lipinski definition) is 1. The Kier molecular flexibility index (Phi) is 5.15. The minimum absolute atomic E-state index is 0.180. The fourth-order valence-corrected chi connectivity index (χ4v) is 4.97. The van der Waals surface area contributed by atoms with Crippen LogP contribution >= 0.6 is 46.3 Å². The van der Waals surface area contributed by atoms with Crippen LogP contribution in [0.1, 0.15) is 5.56 Å². The fraction of sp³-hybridized carbons (Fsp3) is 0.188. The van der Waals surface area contributed by atoms with Gasteiger partial charge in [0.15, 0.2) is 20.7 Å². The summed E-state index contributed by atoms with van der Waals surface area (Å²) >= 11 is 15.1. The van der Waals surface area contributed by atoms with Crippen LogP contribution in [0.2, 0.25) is 10.0 Å². The molecule has 0 aliphatic rings. The lowest BCUT2D eigenvalue weighted by atomic mass is 10.2. The van der Waals surface area contributed by atoms with Crippen molar-refractivity contribution in [2.75, 3.05) is 5.73 Å². The average Bonchev–Trinajstić information content (AvgIpc) is 3.25. The van der Waals surface area contributed by atoms with E-state index in [0.29, 0.717) is 30.2 Å². The number of nitrogens with zero attached hydrogens (tertiary/aromatic N) is 6. The molecular formula is C16H13Cl2N7O2S2. The van der Waals surface area contributed by atoms with Gasteiger partial charge in [-0.15, -0.1) is 10.2 Å². The summed E-state index contributed by atoms with van der Waals surface area (Å²) in [4.78, 5) is 29.8. The smallest absolute Gasteiger partial charge is 0.332 e. The lowest BCUT2D eigenvalue weighted by molar-refractivity contribution is 0.696. The van der Waals surface area contributed by atoms with Gasteiger partial charge in [-0.05, 0) is 23.9 Å². The second kappa shape index (κ2) is 7.48. The van der Waals surface area contributed by atoms with Crippen molar-refractivity contribution in [2.24, 2.45) is 14.1 Å². The zero-order valence-corrected chi connectivity index (χ0v) is 18.2. The van der Waals surface area contributed by atoms with E-state index in [-0.39, 0.29) is 17.7 Å². The first-order valence-electron chi connectivity index (χ1n) is 8.14. The lowest BCUT2D eigenvalue weighted by Crippen LogP contribution is -2.37. The second-order valence-electron chi connectivity index (χ2n) is 6.07. The lowest BCUT2D eigenvalue weighted by Gasteiger charge is -2.11. The quantitative estimate of drug-likeness (QED) is 0.487. The molecular weight excluding hydrogens is 457 g/mol. The predicted octanol–water partition coefficient (Wildman–Crippen LogP) is 2.37. The second-order valence-corrected chi connectivity index (χ2v) is 9.10. The Balaban J connectivity index is 1.99. The third kappa shape index (κ3) is 3.44. The minimum Gasteiger partial charge on any atom is -0.374 e. The summed E-state index contributed by atoms with van der Waals surface area (Å²) in [7, 11) is 2.98. The molecule has 0 fully saturated rings. The van der Waals surface area contributed by atoms with Gasteiger partial charge < -0.3 is 10.3 Å². The van der Waals surface area contributed by atoms with Gasteiger partial charge >= 0.3 is 5.69 Å². The summed E-state index contributed by atoms with van der Waals surface area (Å²) < 4.78 is 4.57. The van der Waals surface area contributed by atoms with E-state index in [9.17, 15) is 9.59 Å². The number of aromatic nitrogens is 6. The first kappa shape index (κ1) is 20.0. The molecule has 2 N–H and O–H groups in total. The molecule has 3 heterocycles. The third-order valence-electron chi connectivity index (χ3n) is 4.29. The molecule has 1 aromatic carbocycles. The molecule has 0 radical (unpaired) electrons. The van der Waals surface area contributed by atoms with Crippen LogP contribution in [0.4, 0.5) is 5.13 Å². The predicted molar refractivity (Wildman–Crippen MR) is 114 cm³/mol. The van der Waals surface area contributed by atoms with E-state index in [0.717, 1.165) is 4.57 Å². The number of hydrogen-bond acceptors (Lipinski definition) is 8. The van der Waals surface area contributed by atoms with Crippen molar-refractivity contribution in [3.63, 3.8) is 0 Å². The number of imidazole rings is 1. The number of benzene rings is 1. The van der Waals surface area contributed by atoms with Crippen molar-refractivity contribution >= 4 is 62.6 Å². The maximum absolute atomic E-state index is 12.9. The monoisotopic (exact) mass is 469 g/mol. The normalized spacial score (nSPS) is 11.4. The minimum atomic E-state index is -0.473. The van der Waals surface area contributed by atoms with Crippen molar-refractivity contribution in [1.29, 1.82) is 0 Å². The molecule has 150 valence electrons. The Morgan fingerprint density at radius 2 is 1.83 bits per heavy atom. The van der Waals surface area contributed by atoms with E-state index in [4.69, 9.17) is 28.9 Å². The maximum Gasteiger partial charge on any atom is 0.332 e. The van der Waals surface area contributed by atoms with Crippen molar-refractivity contribution < 1.29 is 0 Å².